The van der Waals surface area contributed by atoms with Crippen LogP contribution in [0.15, 0.2) is 47.7 Å². The summed E-state index contributed by atoms with van der Waals surface area (Å²) in [4.78, 5) is 47.7. The number of ether oxygens (including phenoxy) is 1. The number of benzene rings is 1. The first-order valence-corrected chi connectivity index (χ1v) is 8.74. The molecule has 0 spiro atoms. The van der Waals surface area contributed by atoms with Gasteiger partial charge in [-0.25, -0.2) is 14.8 Å². The number of rotatable bonds is 5. The monoisotopic (exact) mass is 385 g/mol. The fraction of sp³-hybridized carbons (Fsp3) is 0.176. The van der Waals surface area contributed by atoms with Gasteiger partial charge in [-0.1, -0.05) is 11.8 Å². The molecular formula is C17H15N5O4S. The zero-order valence-corrected chi connectivity index (χ0v) is 15.0. The van der Waals surface area contributed by atoms with E-state index in [9.17, 15) is 14.4 Å². The van der Waals surface area contributed by atoms with E-state index in [1.165, 1.54) is 7.11 Å². The molecular weight excluding hydrogens is 370 g/mol. The van der Waals surface area contributed by atoms with Gasteiger partial charge in [0, 0.05) is 24.5 Å². The number of hydrogen-bond acceptors (Lipinski definition) is 8. The lowest BCUT2D eigenvalue weighted by atomic mass is 10.2. The van der Waals surface area contributed by atoms with E-state index < -0.39 is 11.2 Å². The molecule has 0 aliphatic carbocycles. The Labute approximate surface area is 158 Å². The van der Waals surface area contributed by atoms with Gasteiger partial charge in [-0.05, 0) is 30.3 Å². The number of methoxy groups -OCH3 is 1. The van der Waals surface area contributed by atoms with Crippen LogP contribution in [-0.2, 0) is 14.3 Å². The van der Waals surface area contributed by atoms with E-state index in [0.29, 0.717) is 16.4 Å². The Bertz CT molecular complexity index is 886. The molecule has 1 unspecified atom stereocenters. The minimum atomic E-state index is -0.596. The number of amides is 2. The van der Waals surface area contributed by atoms with Crippen LogP contribution < -0.4 is 10.6 Å². The SMILES string of the molecule is COC(=O)c1ccc(NC(=O)CC2S/C(=N\c3ncccn3)NC2=O)cc1. The van der Waals surface area contributed by atoms with Crippen LogP contribution in [0.1, 0.15) is 16.8 Å². The number of esters is 1. The molecule has 1 aromatic heterocycles. The Hall–Kier alpha value is -3.27. The predicted octanol–water partition coefficient (Wildman–Crippen LogP) is 1.51. The molecule has 1 aromatic carbocycles. The molecule has 1 saturated heterocycles. The first-order valence-electron chi connectivity index (χ1n) is 7.86. The highest BCUT2D eigenvalue weighted by atomic mass is 32.2. The standard InChI is InChI=1S/C17H15N5O4S/c1-26-15(25)10-3-5-11(6-4-10)20-13(23)9-12-14(24)21-17(27-12)22-16-18-7-2-8-19-16/h2-8,12H,9H2,1H3,(H,20,23)(H,18,19,21,22,24). The molecule has 1 fully saturated rings. The number of hydrogen-bond donors (Lipinski definition) is 2. The van der Waals surface area contributed by atoms with Gasteiger partial charge in [0.15, 0.2) is 5.17 Å². The predicted molar refractivity (Wildman–Crippen MR) is 99.7 cm³/mol. The molecule has 0 radical (unpaired) electrons. The van der Waals surface area contributed by atoms with Crippen LogP contribution >= 0.6 is 11.8 Å². The summed E-state index contributed by atoms with van der Waals surface area (Å²) >= 11 is 1.15. The molecule has 2 heterocycles. The fourth-order valence-corrected chi connectivity index (χ4v) is 3.18. The zero-order chi connectivity index (χ0) is 19.2. The minimum Gasteiger partial charge on any atom is -0.465 e. The van der Waals surface area contributed by atoms with Gasteiger partial charge >= 0.3 is 5.97 Å². The first kappa shape index (κ1) is 18.5. The van der Waals surface area contributed by atoms with Crippen molar-refractivity contribution in [3.63, 3.8) is 0 Å². The van der Waals surface area contributed by atoms with Crippen LogP contribution in [0.4, 0.5) is 11.6 Å². The van der Waals surface area contributed by atoms with Crippen LogP contribution in [0.2, 0.25) is 0 Å². The topological polar surface area (TPSA) is 123 Å². The van der Waals surface area contributed by atoms with Gasteiger partial charge in [-0.2, -0.15) is 4.99 Å². The van der Waals surface area contributed by atoms with E-state index >= 15 is 0 Å². The van der Waals surface area contributed by atoms with Crippen LogP contribution in [-0.4, -0.2) is 45.3 Å². The highest BCUT2D eigenvalue weighted by molar-refractivity contribution is 8.15. The number of aromatic nitrogens is 2. The third-order valence-corrected chi connectivity index (χ3v) is 4.57. The molecule has 27 heavy (non-hydrogen) atoms. The van der Waals surface area contributed by atoms with Crippen molar-refractivity contribution in [2.75, 3.05) is 12.4 Å². The second-order valence-electron chi connectivity index (χ2n) is 5.38. The van der Waals surface area contributed by atoms with Gasteiger partial charge in [-0.3, -0.25) is 9.59 Å². The average molecular weight is 385 g/mol. The first-order chi connectivity index (χ1) is 13.0. The number of aliphatic imine (C=N–C) groups is 1. The Morgan fingerprint density at radius 1 is 1.26 bits per heavy atom. The number of carbonyl (C=O) groups is 3. The molecule has 138 valence electrons. The number of amidine groups is 1. The van der Waals surface area contributed by atoms with Crippen molar-refractivity contribution in [1.29, 1.82) is 0 Å². The lowest BCUT2D eigenvalue weighted by Crippen LogP contribution is -2.28. The minimum absolute atomic E-state index is 0.0239. The van der Waals surface area contributed by atoms with Crippen molar-refractivity contribution >= 4 is 46.3 Å². The number of nitrogens with one attached hydrogen (secondary N) is 2. The number of carbonyl (C=O) groups excluding carboxylic acids is 3. The second kappa shape index (κ2) is 8.41. The van der Waals surface area contributed by atoms with Gasteiger partial charge in [0.05, 0.1) is 12.7 Å². The zero-order valence-electron chi connectivity index (χ0n) is 14.2. The maximum Gasteiger partial charge on any atom is 0.337 e. The van der Waals surface area contributed by atoms with Gasteiger partial charge < -0.3 is 15.4 Å². The summed E-state index contributed by atoms with van der Waals surface area (Å²) in [5, 5.41) is 5.06. The molecule has 10 heteroatoms. The summed E-state index contributed by atoms with van der Waals surface area (Å²) in [6.45, 7) is 0. The van der Waals surface area contributed by atoms with Gasteiger partial charge in [0.1, 0.15) is 5.25 Å². The molecule has 2 aromatic rings. The van der Waals surface area contributed by atoms with Crippen LogP contribution in [0, 0.1) is 0 Å². The second-order valence-corrected chi connectivity index (χ2v) is 6.57. The van der Waals surface area contributed by atoms with Crippen molar-refractivity contribution < 1.29 is 19.1 Å². The van der Waals surface area contributed by atoms with Crippen molar-refractivity contribution in [1.82, 2.24) is 15.3 Å². The number of thioether (sulfide) groups is 1. The summed E-state index contributed by atoms with van der Waals surface area (Å²) < 4.78 is 4.62. The summed E-state index contributed by atoms with van der Waals surface area (Å²) in [5.41, 5.74) is 0.896. The summed E-state index contributed by atoms with van der Waals surface area (Å²) in [6.07, 6.45) is 3.07. The van der Waals surface area contributed by atoms with Gasteiger partial charge in [-0.15, -0.1) is 0 Å². The average Bonchev–Trinajstić information content (AvgIpc) is 3.01. The lowest BCUT2D eigenvalue weighted by molar-refractivity contribution is -0.122. The van der Waals surface area contributed by atoms with Crippen molar-refractivity contribution in [2.24, 2.45) is 4.99 Å². The van der Waals surface area contributed by atoms with Crippen molar-refractivity contribution in [2.45, 2.75) is 11.7 Å². The van der Waals surface area contributed by atoms with Gasteiger partial charge in [0.2, 0.25) is 11.8 Å². The summed E-state index contributed by atoms with van der Waals surface area (Å²) in [6, 6.07) is 7.93. The quantitative estimate of drug-likeness (QED) is 0.748. The van der Waals surface area contributed by atoms with Crippen LogP contribution in [0.25, 0.3) is 0 Å². The Morgan fingerprint density at radius 3 is 2.63 bits per heavy atom. The molecule has 1 aliphatic heterocycles. The highest BCUT2D eigenvalue weighted by Crippen LogP contribution is 2.24. The van der Waals surface area contributed by atoms with E-state index in [2.05, 4.69) is 30.3 Å². The lowest BCUT2D eigenvalue weighted by Gasteiger charge is -2.08. The normalized spacial score (nSPS) is 17.4. The summed E-state index contributed by atoms with van der Waals surface area (Å²) in [5.74, 6) is -0.853. The Balaban J connectivity index is 1.57. The number of nitrogens with zero attached hydrogens (tertiary/aromatic N) is 3. The van der Waals surface area contributed by atoms with E-state index in [0.717, 1.165) is 11.8 Å². The van der Waals surface area contributed by atoms with Crippen LogP contribution in [0.5, 0.6) is 0 Å². The smallest absolute Gasteiger partial charge is 0.337 e. The van der Waals surface area contributed by atoms with Crippen molar-refractivity contribution in [3.8, 4) is 0 Å². The van der Waals surface area contributed by atoms with Crippen LogP contribution in [0.3, 0.4) is 0 Å². The fourth-order valence-electron chi connectivity index (χ4n) is 2.22. The molecule has 1 atom stereocenters. The highest BCUT2D eigenvalue weighted by Gasteiger charge is 2.32. The number of anilines is 1. The van der Waals surface area contributed by atoms with E-state index in [-0.39, 0.29) is 24.2 Å². The molecule has 3 rings (SSSR count). The summed E-state index contributed by atoms with van der Waals surface area (Å²) in [7, 11) is 1.30. The van der Waals surface area contributed by atoms with E-state index in [1.54, 1.807) is 42.7 Å². The Kier molecular flexibility index (Phi) is 5.77. The third kappa shape index (κ3) is 4.88. The van der Waals surface area contributed by atoms with Crippen molar-refractivity contribution in [3.05, 3.63) is 48.3 Å². The maximum absolute atomic E-state index is 12.2. The molecule has 2 amide bonds. The maximum atomic E-state index is 12.2. The molecule has 1 aliphatic rings. The molecule has 0 saturated carbocycles. The molecule has 9 nitrogen and oxygen atoms in total. The van der Waals surface area contributed by atoms with E-state index in [4.69, 9.17) is 0 Å². The third-order valence-electron chi connectivity index (χ3n) is 3.49. The largest absolute Gasteiger partial charge is 0.465 e. The van der Waals surface area contributed by atoms with E-state index in [1.807, 2.05) is 0 Å². The van der Waals surface area contributed by atoms with Gasteiger partial charge in [0.25, 0.3) is 5.95 Å². The molecule has 0 bridgehead atoms. The molecule has 2 N–H and O–H groups in total. The Morgan fingerprint density at radius 2 is 1.96 bits per heavy atom.